The molecule has 0 saturated heterocycles. The average Bonchev–Trinajstić information content (AvgIpc) is 2.62. The van der Waals surface area contributed by atoms with E-state index in [0.29, 0.717) is 0 Å². The Morgan fingerprint density at radius 2 is 2.27 bits per heavy atom. The topological polar surface area (TPSA) is 52.0 Å². The molecule has 15 heavy (non-hydrogen) atoms. The number of hydrogen-bond donors (Lipinski definition) is 1. The van der Waals surface area contributed by atoms with Gasteiger partial charge in [0, 0.05) is 16.6 Å². The van der Waals surface area contributed by atoms with E-state index >= 15 is 0 Å². The second-order valence-corrected chi connectivity index (χ2v) is 4.34. The van der Waals surface area contributed by atoms with Crippen molar-refractivity contribution in [2.75, 3.05) is 5.73 Å². The summed E-state index contributed by atoms with van der Waals surface area (Å²) in [5, 5.41) is 3.83. The number of aromatic nitrogens is 1. The molecule has 0 unspecified atom stereocenters. The largest absolute Gasteiger partial charge is 0.399 e. The highest BCUT2D eigenvalue weighted by molar-refractivity contribution is 7.98. The summed E-state index contributed by atoms with van der Waals surface area (Å²) in [6.07, 6.45) is 0. The second-order valence-electron chi connectivity index (χ2n) is 3.30. The molecule has 2 rings (SSSR count). The van der Waals surface area contributed by atoms with E-state index in [0.717, 1.165) is 27.8 Å². The number of anilines is 1. The fraction of sp³-hybridized carbons (Fsp3) is 0.182. The van der Waals surface area contributed by atoms with Crippen LogP contribution in [0.3, 0.4) is 0 Å². The predicted octanol–water partition coefficient (Wildman–Crippen LogP) is 2.86. The van der Waals surface area contributed by atoms with E-state index in [9.17, 15) is 0 Å². The Labute approximate surface area is 92.6 Å². The van der Waals surface area contributed by atoms with Gasteiger partial charge in [-0.05, 0) is 25.1 Å². The molecular formula is C11H12N2OS. The number of nitrogens with zero attached hydrogens (tertiary/aromatic N) is 1. The normalized spacial score (nSPS) is 10.5. The molecule has 0 saturated carbocycles. The molecule has 0 amide bonds. The molecule has 0 radical (unpaired) electrons. The summed E-state index contributed by atoms with van der Waals surface area (Å²) in [5.74, 6) is 1.67. The second kappa shape index (κ2) is 4.40. The Balaban J connectivity index is 1.99. The van der Waals surface area contributed by atoms with Crippen LogP contribution in [0.15, 0.2) is 39.8 Å². The molecule has 1 heterocycles. The monoisotopic (exact) mass is 220 g/mol. The molecule has 0 spiro atoms. The number of hydrogen-bond acceptors (Lipinski definition) is 4. The van der Waals surface area contributed by atoms with Gasteiger partial charge in [0.1, 0.15) is 5.76 Å². The van der Waals surface area contributed by atoms with Crippen molar-refractivity contribution in [3.05, 3.63) is 41.8 Å². The van der Waals surface area contributed by atoms with E-state index in [1.807, 2.05) is 37.3 Å². The van der Waals surface area contributed by atoms with E-state index < -0.39 is 0 Å². The maximum absolute atomic E-state index is 5.68. The quantitative estimate of drug-likeness (QED) is 0.638. The van der Waals surface area contributed by atoms with Crippen molar-refractivity contribution in [2.24, 2.45) is 0 Å². The molecule has 0 bridgehead atoms. The van der Waals surface area contributed by atoms with Gasteiger partial charge in [0.2, 0.25) is 0 Å². The Morgan fingerprint density at radius 3 is 2.93 bits per heavy atom. The first-order chi connectivity index (χ1) is 7.24. The van der Waals surface area contributed by atoms with Crippen LogP contribution in [-0.4, -0.2) is 5.16 Å². The van der Waals surface area contributed by atoms with Gasteiger partial charge in [-0.25, -0.2) is 0 Å². The molecule has 0 atom stereocenters. The Kier molecular flexibility index (Phi) is 2.97. The smallest absolute Gasteiger partial charge is 0.147 e. The maximum atomic E-state index is 5.68. The maximum Gasteiger partial charge on any atom is 0.147 e. The molecular weight excluding hydrogens is 208 g/mol. The summed E-state index contributed by atoms with van der Waals surface area (Å²) in [6, 6.07) is 9.75. The van der Waals surface area contributed by atoms with Gasteiger partial charge in [-0.3, -0.25) is 0 Å². The third kappa shape index (κ3) is 2.76. The van der Waals surface area contributed by atoms with Gasteiger partial charge in [-0.1, -0.05) is 11.2 Å². The van der Waals surface area contributed by atoms with E-state index in [1.165, 1.54) is 0 Å². The Hall–Kier alpha value is -1.42. The van der Waals surface area contributed by atoms with Gasteiger partial charge in [0.25, 0.3) is 0 Å². The summed E-state index contributed by atoms with van der Waals surface area (Å²) in [6.45, 7) is 1.91. The third-order valence-corrected chi connectivity index (χ3v) is 2.93. The molecule has 2 N–H and O–H groups in total. The lowest BCUT2D eigenvalue weighted by molar-refractivity contribution is 0.391. The lowest BCUT2D eigenvalue weighted by Crippen LogP contribution is -1.83. The van der Waals surface area contributed by atoms with Crippen LogP contribution in [0.25, 0.3) is 0 Å². The van der Waals surface area contributed by atoms with E-state index in [1.54, 1.807) is 11.8 Å². The first kappa shape index (κ1) is 10.1. The summed E-state index contributed by atoms with van der Waals surface area (Å²) < 4.78 is 5.11. The summed E-state index contributed by atoms with van der Waals surface area (Å²) in [5.41, 5.74) is 7.38. The van der Waals surface area contributed by atoms with Gasteiger partial charge in [0.05, 0.1) is 11.4 Å². The van der Waals surface area contributed by atoms with Crippen molar-refractivity contribution in [1.29, 1.82) is 0 Å². The predicted molar refractivity (Wildman–Crippen MR) is 61.7 cm³/mol. The van der Waals surface area contributed by atoms with Gasteiger partial charge in [-0.2, -0.15) is 0 Å². The van der Waals surface area contributed by atoms with Crippen LogP contribution < -0.4 is 5.73 Å². The van der Waals surface area contributed by atoms with Crippen LogP contribution in [0, 0.1) is 6.92 Å². The molecule has 3 nitrogen and oxygen atoms in total. The molecule has 0 fully saturated rings. The van der Waals surface area contributed by atoms with Crippen LogP contribution in [-0.2, 0) is 5.75 Å². The molecule has 0 aliphatic rings. The lowest BCUT2D eigenvalue weighted by Gasteiger charge is -1.99. The zero-order valence-corrected chi connectivity index (χ0v) is 9.25. The van der Waals surface area contributed by atoms with Gasteiger partial charge in [0.15, 0.2) is 0 Å². The highest BCUT2D eigenvalue weighted by Gasteiger charge is 2.01. The number of nitrogen functional groups attached to an aromatic ring is 1. The van der Waals surface area contributed by atoms with Crippen LogP contribution >= 0.6 is 11.8 Å². The minimum Gasteiger partial charge on any atom is -0.399 e. The lowest BCUT2D eigenvalue weighted by atomic mass is 10.3. The number of benzene rings is 1. The minimum absolute atomic E-state index is 0.782. The molecule has 4 heteroatoms. The highest BCUT2D eigenvalue weighted by Crippen LogP contribution is 2.24. The minimum atomic E-state index is 0.782. The van der Waals surface area contributed by atoms with Crippen LogP contribution in [0.2, 0.25) is 0 Å². The van der Waals surface area contributed by atoms with Crippen LogP contribution in [0.5, 0.6) is 0 Å². The van der Waals surface area contributed by atoms with Gasteiger partial charge in [-0.15, -0.1) is 11.8 Å². The van der Waals surface area contributed by atoms with Crippen molar-refractivity contribution >= 4 is 17.4 Å². The molecule has 2 aromatic rings. The van der Waals surface area contributed by atoms with E-state index in [2.05, 4.69) is 5.16 Å². The number of nitrogens with two attached hydrogens (primary N) is 1. The standard InChI is InChI=1S/C11H12N2OS/c1-8-5-10(14-13-8)7-15-11-4-2-3-9(12)6-11/h2-6H,7,12H2,1H3. The molecule has 0 aliphatic carbocycles. The summed E-state index contributed by atoms with van der Waals surface area (Å²) in [4.78, 5) is 1.14. The van der Waals surface area contributed by atoms with E-state index in [-0.39, 0.29) is 0 Å². The fourth-order valence-corrected chi connectivity index (χ4v) is 2.08. The SMILES string of the molecule is Cc1cc(CSc2cccc(N)c2)on1. The van der Waals surface area contributed by atoms with Crippen LogP contribution in [0.1, 0.15) is 11.5 Å². The molecule has 0 aliphatic heterocycles. The highest BCUT2D eigenvalue weighted by atomic mass is 32.2. The third-order valence-electron chi connectivity index (χ3n) is 1.92. The van der Waals surface area contributed by atoms with Crippen LogP contribution in [0.4, 0.5) is 5.69 Å². The van der Waals surface area contributed by atoms with Crippen molar-refractivity contribution < 1.29 is 4.52 Å². The fourth-order valence-electron chi connectivity index (χ4n) is 1.24. The average molecular weight is 220 g/mol. The zero-order chi connectivity index (χ0) is 10.7. The first-order valence-electron chi connectivity index (χ1n) is 4.64. The van der Waals surface area contributed by atoms with Crippen molar-refractivity contribution in [1.82, 2.24) is 5.16 Å². The molecule has 78 valence electrons. The van der Waals surface area contributed by atoms with Gasteiger partial charge >= 0.3 is 0 Å². The van der Waals surface area contributed by atoms with E-state index in [4.69, 9.17) is 10.3 Å². The summed E-state index contributed by atoms with van der Waals surface area (Å²) >= 11 is 1.69. The first-order valence-corrected chi connectivity index (χ1v) is 5.63. The number of aryl methyl sites for hydroxylation is 1. The zero-order valence-electron chi connectivity index (χ0n) is 8.43. The van der Waals surface area contributed by atoms with Crippen molar-refractivity contribution in [3.8, 4) is 0 Å². The molecule has 1 aromatic heterocycles. The Morgan fingerprint density at radius 1 is 1.40 bits per heavy atom. The Bertz CT molecular complexity index is 453. The number of thioether (sulfide) groups is 1. The van der Waals surface area contributed by atoms with Crippen molar-refractivity contribution in [2.45, 2.75) is 17.6 Å². The van der Waals surface area contributed by atoms with Gasteiger partial charge < -0.3 is 10.3 Å². The molecule has 1 aromatic carbocycles. The van der Waals surface area contributed by atoms with Crippen molar-refractivity contribution in [3.63, 3.8) is 0 Å². The summed E-state index contributed by atoms with van der Waals surface area (Å²) in [7, 11) is 0. The number of rotatable bonds is 3.